The summed E-state index contributed by atoms with van der Waals surface area (Å²) in [4.78, 5) is 0. The smallest absolute Gasteiger partial charge is 0.0433 e. The van der Waals surface area contributed by atoms with Crippen molar-refractivity contribution >= 4 is 31.5 Å². The summed E-state index contributed by atoms with van der Waals surface area (Å²) in [5.41, 5.74) is 9.65. The van der Waals surface area contributed by atoms with Crippen LogP contribution in [0.25, 0.3) is 42.4 Å². The van der Waals surface area contributed by atoms with Crippen LogP contribution in [0.2, 0.25) is 0 Å². The van der Waals surface area contributed by atoms with E-state index in [1.807, 2.05) is 11.3 Å². The summed E-state index contributed by atoms with van der Waals surface area (Å²) in [6, 6.07) is 29.5. The Bertz CT molecular complexity index is 1480. The molecule has 0 bridgehead atoms. The van der Waals surface area contributed by atoms with Crippen molar-refractivity contribution in [3.8, 4) is 22.3 Å². The van der Waals surface area contributed by atoms with Crippen molar-refractivity contribution < 1.29 is 0 Å². The van der Waals surface area contributed by atoms with Gasteiger partial charge in [0.15, 0.2) is 0 Å². The lowest BCUT2D eigenvalue weighted by Crippen LogP contribution is -2.16. The fourth-order valence-electron chi connectivity index (χ4n) is 4.85. The molecule has 0 unspecified atom stereocenters. The van der Waals surface area contributed by atoms with Gasteiger partial charge in [0.05, 0.1) is 0 Å². The minimum absolute atomic E-state index is 0.101. The second-order valence-corrected chi connectivity index (χ2v) is 12.6. The Kier molecular flexibility index (Phi) is 5.45. The second kappa shape index (κ2) is 8.10. The predicted octanol–water partition coefficient (Wildman–Crippen LogP) is 10.3. The zero-order valence-electron chi connectivity index (χ0n) is 21.4. The van der Waals surface area contributed by atoms with Crippen LogP contribution in [0.3, 0.4) is 0 Å². The van der Waals surface area contributed by atoms with Gasteiger partial charge in [-0.2, -0.15) is 0 Å². The molecule has 0 amide bonds. The molecule has 34 heavy (non-hydrogen) atoms. The molecule has 0 radical (unpaired) electrons. The van der Waals surface area contributed by atoms with Crippen molar-refractivity contribution in [1.29, 1.82) is 0 Å². The van der Waals surface area contributed by atoms with Crippen LogP contribution in [0.15, 0.2) is 78.9 Å². The molecular formula is C33H34S. The van der Waals surface area contributed by atoms with E-state index in [1.165, 1.54) is 59.1 Å². The van der Waals surface area contributed by atoms with E-state index >= 15 is 0 Å². The minimum Gasteiger partial charge on any atom is -0.135 e. The average Bonchev–Trinajstić information content (AvgIpc) is 3.17. The molecule has 0 fully saturated rings. The van der Waals surface area contributed by atoms with Gasteiger partial charge in [-0.15, -0.1) is 11.3 Å². The Labute approximate surface area is 208 Å². The predicted molar refractivity (Wildman–Crippen MR) is 152 cm³/mol. The van der Waals surface area contributed by atoms with Gasteiger partial charge in [0.25, 0.3) is 0 Å². The molecule has 0 saturated heterocycles. The van der Waals surface area contributed by atoms with Crippen molar-refractivity contribution in [2.24, 2.45) is 0 Å². The summed E-state index contributed by atoms with van der Waals surface area (Å²) in [5, 5.41) is 2.71. The van der Waals surface area contributed by atoms with E-state index in [2.05, 4.69) is 127 Å². The monoisotopic (exact) mass is 462 g/mol. The molecule has 1 heteroatoms. The van der Waals surface area contributed by atoms with E-state index < -0.39 is 0 Å². The molecule has 0 aliphatic carbocycles. The van der Waals surface area contributed by atoms with Crippen LogP contribution in [0.4, 0.5) is 0 Å². The van der Waals surface area contributed by atoms with Gasteiger partial charge in [-0.25, -0.2) is 0 Å². The van der Waals surface area contributed by atoms with E-state index in [9.17, 15) is 0 Å². The maximum absolute atomic E-state index is 2.40. The van der Waals surface area contributed by atoms with Crippen LogP contribution in [-0.4, -0.2) is 0 Å². The average molecular weight is 463 g/mol. The van der Waals surface area contributed by atoms with E-state index in [0.29, 0.717) is 0 Å². The molecule has 0 N–H and O–H groups in total. The molecule has 0 atom stereocenters. The van der Waals surface area contributed by atoms with Gasteiger partial charge in [0, 0.05) is 20.2 Å². The van der Waals surface area contributed by atoms with Crippen molar-refractivity contribution in [3.05, 3.63) is 95.6 Å². The molecule has 4 aromatic carbocycles. The van der Waals surface area contributed by atoms with Crippen LogP contribution < -0.4 is 0 Å². The molecule has 0 saturated carbocycles. The Balaban J connectivity index is 1.74. The molecule has 0 aliphatic heterocycles. The van der Waals surface area contributed by atoms with Crippen LogP contribution in [0, 0.1) is 6.92 Å². The number of fused-ring (bicyclic) bond motifs is 3. The van der Waals surface area contributed by atoms with Gasteiger partial charge >= 0.3 is 0 Å². The van der Waals surface area contributed by atoms with Crippen molar-refractivity contribution in [1.82, 2.24) is 0 Å². The lowest BCUT2D eigenvalue weighted by atomic mass is 9.78. The molecule has 5 rings (SSSR count). The fourth-order valence-corrected chi connectivity index (χ4v) is 6.08. The highest BCUT2D eigenvalue weighted by Crippen LogP contribution is 2.43. The first-order chi connectivity index (χ1) is 16.0. The number of hydrogen-bond acceptors (Lipinski definition) is 1. The lowest BCUT2D eigenvalue weighted by Gasteiger charge is -2.27. The highest BCUT2D eigenvalue weighted by Gasteiger charge is 2.22. The number of thiophene rings is 1. The van der Waals surface area contributed by atoms with Crippen LogP contribution >= 0.6 is 11.3 Å². The third-order valence-electron chi connectivity index (χ3n) is 7.00. The highest BCUT2D eigenvalue weighted by molar-refractivity contribution is 7.26. The molecule has 0 aliphatic rings. The molecule has 0 spiro atoms. The van der Waals surface area contributed by atoms with Gasteiger partial charge in [-0.3, -0.25) is 0 Å². The Morgan fingerprint density at radius 3 is 1.79 bits per heavy atom. The summed E-state index contributed by atoms with van der Waals surface area (Å²) in [7, 11) is 0. The maximum Gasteiger partial charge on any atom is 0.0433 e. The first-order valence-corrected chi connectivity index (χ1v) is 13.0. The quantitative estimate of drug-likeness (QED) is 0.245. The normalized spacial score (nSPS) is 12.6. The Morgan fingerprint density at radius 2 is 1.12 bits per heavy atom. The minimum atomic E-state index is 0.101. The van der Waals surface area contributed by atoms with Crippen LogP contribution in [0.1, 0.15) is 58.2 Å². The van der Waals surface area contributed by atoms with Gasteiger partial charge < -0.3 is 0 Å². The van der Waals surface area contributed by atoms with Crippen molar-refractivity contribution in [3.63, 3.8) is 0 Å². The summed E-state index contributed by atoms with van der Waals surface area (Å²) >= 11 is 1.91. The third-order valence-corrected chi connectivity index (χ3v) is 8.22. The van der Waals surface area contributed by atoms with E-state index in [1.54, 1.807) is 0 Å². The zero-order valence-corrected chi connectivity index (χ0v) is 22.2. The molecule has 0 nitrogen and oxygen atoms in total. The van der Waals surface area contributed by atoms with Crippen LogP contribution in [0.5, 0.6) is 0 Å². The van der Waals surface area contributed by atoms with Gasteiger partial charge in [0.2, 0.25) is 0 Å². The van der Waals surface area contributed by atoms with Gasteiger partial charge in [-0.1, -0.05) is 114 Å². The standard InChI is InChI=1S/C33H34S/c1-21-25(22-18-23(32(2,3)4)20-24(19-22)33(5,6)7)13-10-14-26(21)28-15-11-16-29-27-12-8-9-17-30(27)34-31(28)29/h8-20H,1-7H3. The van der Waals surface area contributed by atoms with E-state index in [-0.39, 0.29) is 10.8 Å². The number of hydrogen-bond donors (Lipinski definition) is 0. The van der Waals surface area contributed by atoms with Crippen molar-refractivity contribution in [2.75, 3.05) is 0 Å². The topological polar surface area (TPSA) is 0 Å². The first-order valence-electron chi connectivity index (χ1n) is 12.2. The van der Waals surface area contributed by atoms with Crippen molar-refractivity contribution in [2.45, 2.75) is 59.3 Å². The molecular weight excluding hydrogens is 428 g/mol. The summed E-state index contributed by atoms with van der Waals surface area (Å²) in [6.07, 6.45) is 0. The first kappa shape index (κ1) is 22.9. The zero-order chi connectivity index (χ0) is 24.3. The maximum atomic E-state index is 2.40. The molecule has 5 aromatic rings. The Hall–Kier alpha value is -2.90. The lowest BCUT2D eigenvalue weighted by molar-refractivity contribution is 0.569. The molecule has 1 heterocycles. The summed E-state index contributed by atoms with van der Waals surface area (Å²) in [6.45, 7) is 16.1. The largest absolute Gasteiger partial charge is 0.135 e. The molecule has 1 aromatic heterocycles. The van der Waals surface area contributed by atoms with E-state index in [0.717, 1.165) is 0 Å². The fraction of sp³-hybridized carbons (Fsp3) is 0.273. The SMILES string of the molecule is Cc1c(-c2cc(C(C)(C)C)cc(C(C)(C)C)c2)cccc1-c1cccc2c1sc1ccccc12. The number of rotatable bonds is 2. The second-order valence-electron chi connectivity index (χ2n) is 11.6. The van der Waals surface area contributed by atoms with Gasteiger partial charge in [-0.05, 0) is 62.8 Å². The molecule has 172 valence electrons. The highest BCUT2D eigenvalue weighted by atomic mass is 32.1. The third kappa shape index (κ3) is 3.97. The summed E-state index contributed by atoms with van der Waals surface area (Å²) in [5.74, 6) is 0. The number of benzene rings is 4. The van der Waals surface area contributed by atoms with E-state index in [4.69, 9.17) is 0 Å². The van der Waals surface area contributed by atoms with Gasteiger partial charge in [0.1, 0.15) is 0 Å². The Morgan fingerprint density at radius 1 is 0.559 bits per heavy atom. The summed E-state index contributed by atoms with van der Waals surface area (Å²) < 4.78 is 2.73. The van der Waals surface area contributed by atoms with Crippen LogP contribution in [-0.2, 0) is 10.8 Å².